The maximum Gasteiger partial charge on any atom is 0.231 e. The summed E-state index contributed by atoms with van der Waals surface area (Å²) in [7, 11) is 0. The molecule has 0 N–H and O–H groups in total. The van der Waals surface area contributed by atoms with Gasteiger partial charge in [0, 0.05) is 25.7 Å². The Morgan fingerprint density at radius 1 is 1.08 bits per heavy atom. The zero-order chi connectivity index (χ0) is 17.3. The fourth-order valence-corrected chi connectivity index (χ4v) is 5.32. The number of carbonyl (C=O) groups is 1. The van der Waals surface area contributed by atoms with Crippen LogP contribution in [0.1, 0.15) is 63.5 Å². The molecule has 2 saturated heterocycles. The number of rotatable bonds is 4. The Bertz CT molecular complexity index is 595. The molecule has 3 nitrogen and oxygen atoms in total. The van der Waals surface area contributed by atoms with Gasteiger partial charge in [0.1, 0.15) is 0 Å². The topological polar surface area (TPSA) is 23.6 Å². The molecule has 2 atom stereocenters. The van der Waals surface area contributed by atoms with Crippen LogP contribution in [-0.4, -0.2) is 41.9 Å². The third-order valence-electron chi connectivity index (χ3n) is 6.87. The van der Waals surface area contributed by atoms with Crippen LogP contribution in [0.2, 0.25) is 0 Å². The smallest absolute Gasteiger partial charge is 0.231 e. The summed E-state index contributed by atoms with van der Waals surface area (Å²) in [6.07, 6.45) is 9.01. The van der Waals surface area contributed by atoms with Crippen LogP contribution in [0, 0.1) is 11.3 Å². The molecule has 0 aromatic heterocycles. The van der Waals surface area contributed by atoms with Crippen LogP contribution in [0.15, 0.2) is 30.3 Å². The highest BCUT2D eigenvalue weighted by atomic mass is 16.2. The second-order valence-corrected chi connectivity index (χ2v) is 8.63. The van der Waals surface area contributed by atoms with Gasteiger partial charge in [-0.25, -0.2) is 0 Å². The first-order valence-electron chi connectivity index (χ1n) is 10.3. The molecule has 2 aliphatic heterocycles. The summed E-state index contributed by atoms with van der Waals surface area (Å²) in [5.74, 6) is 1.21. The van der Waals surface area contributed by atoms with Gasteiger partial charge >= 0.3 is 0 Å². The molecule has 3 aliphatic rings. The van der Waals surface area contributed by atoms with E-state index in [2.05, 4.69) is 47.1 Å². The van der Waals surface area contributed by atoms with Gasteiger partial charge in [0.2, 0.25) is 5.91 Å². The lowest BCUT2D eigenvalue weighted by Crippen LogP contribution is -2.67. The number of nitrogens with zero attached hydrogens (tertiary/aromatic N) is 2. The Balaban J connectivity index is 1.37. The lowest BCUT2D eigenvalue weighted by Gasteiger charge is -2.55. The molecule has 1 amide bonds. The maximum atomic E-state index is 13.0. The van der Waals surface area contributed by atoms with Gasteiger partial charge in [-0.3, -0.25) is 9.69 Å². The molecule has 0 radical (unpaired) electrons. The minimum Gasteiger partial charge on any atom is -0.341 e. The minimum atomic E-state index is -0.0735. The molecule has 2 heterocycles. The number of β-lactam (4-membered cyclic amide) rings is 1. The molecule has 1 saturated carbocycles. The van der Waals surface area contributed by atoms with E-state index in [1.54, 1.807) is 0 Å². The van der Waals surface area contributed by atoms with Crippen LogP contribution in [0.25, 0.3) is 0 Å². The van der Waals surface area contributed by atoms with E-state index in [9.17, 15) is 4.79 Å². The zero-order valence-electron chi connectivity index (χ0n) is 15.6. The molecule has 0 unspecified atom stereocenters. The number of hydrogen-bond acceptors (Lipinski definition) is 2. The van der Waals surface area contributed by atoms with E-state index in [-0.39, 0.29) is 5.41 Å². The van der Waals surface area contributed by atoms with E-state index in [0.29, 0.717) is 11.9 Å². The van der Waals surface area contributed by atoms with Gasteiger partial charge in [0.15, 0.2) is 0 Å². The normalized spacial score (nSPS) is 29.6. The van der Waals surface area contributed by atoms with E-state index in [1.165, 1.54) is 37.7 Å². The summed E-state index contributed by atoms with van der Waals surface area (Å²) >= 11 is 0. The van der Waals surface area contributed by atoms with Crippen molar-refractivity contribution in [2.75, 3.05) is 26.2 Å². The summed E-state index contributed by atoms with van der Waals surface area (Å²) < 4.78 is 0. The fraction of sp³-hybridized carbons (Fsp3) is 0.682. The van der Waals surface area contributed by atoms with Gasteiger partial charge in [-0.05, 0) is 50.6 Å². The average molecular weight is 341 g/mol. The Labute approximate surface area is 152 Å². The number of amides is 1. The van der Waals surface area contributed by atoms with Gasteiger partial charge in [0.05, 0.1) is 5.41 Å². The molecule has 4 rings (SSSR count). The van der Waals surface area contributed by atoms with Crippen molar-refractivity contribution in [3.05, 3.63) is 35.9 Å². The first-order chi connectivity index (χ1) is 12.2. The van der Waals surface area contributed by atoms with Crippen molar-refractivity contribution in [1.29, 1.82) is 0 Å². The molecule has 25 heavy (non-hydrogen) atoms. The van der Waals surface area contributed by atoms with E-state index < -0.39 is 0 Å². The van der Waals surface area contributed by atoms with Gasteiger partial charge in [-0.1, -0.05) is 49.6 Å². The third-order valence-corrected chi connectivity index (χ3v) is 6.87. The van der Waals surface area contributed by atoms with Crippen molar-refractivity contribution < 1.29 is 4.79 Å². The standard InChI is InChI=1S/C22H32N2O/c1-18(20-11-6-3-7-12-20)23-14-8-13-22(16-23)17-24(21(22)25)15-19-9-4-2-5-10-19/h3,6-7,11-12,18-19H,2,4-5,8-10,13-17H2,1H3/t18-,22+/m1/s1. The van der Waals surface area contributed by atoms with Gasteiger partial charge in [-0.2, -0.15) is 0 Å². The summed E-state index contributed by atoms with van der Waals surface area (Å²) in [4.78, 5) is 17.7. The van der Waals surface area contributed by atoms with Crippen LogP contribution in [-0.2, 0) is 4.79 Å². The van der Waals surface area contributed by atoms with Crippen molar-refractivity contribution in [2.24, 2.45) is 11.3 Å². The average Bonchev–Trinajstić information content (AvgIpc) is 2.68. The van der Waals surface area contributed by atoms with Crippen molar-refractivity contribution in [2.45, 2.75) is 57.9 Å². The summed E-state index contributed by atoms with van der Waals surface area (Å²) in [6, 6.07) is 11.1. The maximum absolute atomic E-state index is 13.0. The Morgan fingerprint density at radius 3 is 2.56 bits per heavy atom. The molecular formula is C22H32N2O. The number of hydrogen-bond donors (Lipinski definition) is 0. The zero-order valence-corrected chi connectivity index (χ0v) is 15.6. The quantitative estimate of drug-likeness (QED) is 0.765. The van der Waals surface area contributed by atoms with Gasteiger partial charge in [0.25, 0.3) is 0 Å². The number of benzene rings is 1. The highest BCUT2D eigenvalue weighted by Crippen LogP contribution is 2.43. The third kappa shape index (κ3) is 3.36. The van der Waals surface area contributed by atoms with Crippen LogP contribution in [0.5, 0.6) is 0 Å². The fourth-order valence-electron chi connectivity index (χ4n) is 5.32. The number of piperidine rings is 1. The summed E-state index contributed by atoms with van der Waals surface area (Å²) in [5, 5.41) is 0. The predicted molar refractivity (Wildman–Crippen MR) is 101 cm³/mol. The molecule has 3 heteroatoms. The van der Waals surface area contributed by atoms with Crippen molar-refractivity contribution in [1.82, 2.24) is 9.80 Å². The van der Waals surface area contributed by atoms with E-state index in [0.717, 1.165) is 44.9 Å². The molecule has 0 bridgehead atoms. The first kappa shape index (κ1) is 17.1. The number of carbonyl (C=O) groups excluding carboxylic acids is 1. The van der Waals surface area contributed by atoms with Gasteiger partial charge < -0.3 is 4.90 Å². The molecular weight excluding hydrogens is 308 g/mol. The van der Waals surface area contributed by atoms with Crippen LogP contribution < -0.4 is 0 Å². The molecule has 3 fully saturated rings. The molecule has 1 spiro atoms. The van der Waals surface area contributed by atoms with Crippen molar-refractivity contribution in [3.8, 4) is 0 Å². The highest BCUT2D eigenvalue weighted by molar-refractivity contribution is 5.89. The van der Waals surface area contributed by atoms with Crippen molar-refractivity contribution in [3.63, 3.8) is 0 Å². The van der Waals surface area contributed by atoms with Crippen molar-refractivity contribution >= 4 is 5.91 Å². The highest BCUT2D eigenvalue weighted by Gasteiger charge is 2.54. The molecule has 1 aromatic carbocycles. The Morgan fingerprint density at radius 2 is 1.84 bits per heavy atom. The second kappa shape index (κ2) is 7.11. The van der Waals surface area contributed by atoms with Crippen LogP contribution in [0.4, 0.5) is 0 Å². The lowest BCUT2D eigenvalue weighted by atomic mass is 9.71. The SMILES string of the molecule is C[C@H](c1ccccc1)N1CCC[C@@]2(CN(CC3CCCCC3)C2=O)C1. The predicted octanol–water partition coefficient (Wildman–Crippen LogP) is 4.25. The van der Waals surface area contributed by atoms with E-state index in [4.69, 9.17) is 0 Å². The molecule has 136 valence electrons. The Kier molecular flexibility index (Phi) is 4.86. The monoisotopic (exact) mass is 340 g/mol. The van der Waals surface area contributed by atoms with E-state index in [1.807, 2.05) is 0 Å². The number of likely N-dealkylation sites (tertiary alicyclic amines) is 2. The van der Waals surface area contributed by atoms with Crippen LogP contribution >= 0.6 is 0 Å². The van der Waals surface area contributed by atoms with E-state index >= 15 is 0 Å². The lowest BCUT2D eigenvalue weighted by molar-refractivity contribution is -0.168. The Hall–Kier alpha value is -1.35. The molecule has 1 aliphatic carbocycles. The van der Waals surface area contributed by atoms with Crippen LogP contribution in [0.3, 0.4) is 0 Å². The summed E-state index contributed by atoms with van der Waals surface area (Å²) in [5.41, 5.74) is 1.29. The summed E-state index contributed by atoms with van der Waals surface area (Å²) in [6.45, 7) is 6.38. The largest absolute Gasteiger partial charge is 0.341 e. The molecule has 1 aromatic rings. The second-order valence-electron chi connectivity index (χ2n) is 8.63. The first-order valence-corrected chi connectivity index (χ1v) is 10.3. The minimum absolute atomic E-state index is 0.0735. The van der Waals surface area contributed by atoms with Gasteiger partial charge in [-0.15, -0.1) is 0 Å².